The molecule has 0 saturated carbocycles. The molecule has 1 amide bonds. The molecule has 16 heavy (non-hydrogen) atoms. The van der Waals surface area contributed by atoms with Gasteiger partial charge in [-0.2, -0.15) is 0 Å². The zero-order valence-electron chi connectivity index (χ0n) is 11.4. The van der Waals surface area contributed by atoms with Crippen molar-refractivity contribution in [2.75, 3.05) is 40.8 Å². The van der Waals surface area contributed by atoms with E-state index in [0.717, 1.165) is 19.6 Å². The molecule has 0 spiro atoms. The smallest absolute Gasteiger partial charge is 0.240 e. The lowest BCUT2D eigenvalue weighted by Gasteiger charge is -2.45. The fraction of sp³-hybridized carbons (Fsp3) is 0.917. The van der Waals surface area contributed by atoms with Gasteiger partial charge in [-0.1, -0.05) is 0 Å². The van der Waals surface area contributed by atoms with Crippen LogP contribution in [0.25, 0.3) is 0 Å². The highest BCUT2D eigenvalue weighted by Gasteiger charge is 2.34. The lowest BCUT2D eigenvalue weighted by molar-refractivity contribution is -0.137. The Kier molecular flexibility index (Phi) is 3.97. The highest BCUT2D eigenvalue weighted by molar-refractivity contribution is 5.81. The second-order valence-corrected chi connectivity index (χ2v) is 5.85. The third-order valence-corrected chi connectivity index (χ3v) is 3.32. The molecule has 1 aliphatic heterocycles. The van der Waals surface area contributed by atoms with Crippen molar-refractivity contribution in [3.8, 4) is 0 Å². The van der Waals surface area contributed by atoms with Gasteiger partial charge in [0.15, 0.2) is 0 Å². The number of carbonyl (C=O) groups is 1. The van der Waals surface area contributed by atoms with Crippen molar-refractivity contribution in [3.05, 3.63) is 0 Å². The maximum atomic E-state index is 12.0. The first kappa shape index (κ1) is 13.5. The Morgan fingerprint density at radius 1 is 1.25 bits per heavy atom. The average molecular weight is 227 g/mol. The van der Waals surface area contributed by atoms with Crippen LogP contribution in [0.5, 0.6) is 0 Å². The Morgan fingerprint density at radius 2 is 1.81 bits per heavy atom. The molecule has 1 saturated heterocycles. The molecular formula is C12H25N3O. The molecule has 0 aromatic heterocycles. The second-order valence-electron chi connectivity index (χ2n) is 5.85. The molecule has 1 unspecified atom stereocenters. The molecule has 1 heterocycles. The normalized spacial score (nSPS) is 24.5. The first-order chi connectivity index (χ1) is 7.23. The van der Waals surface area contributed by atoms with E-state index in [4.69, 9.17) is 0 Å². The number of amides is 1. The molecule has 94 valence electrons. The fourth-order valence-electron chi connectivity index (χ4n) is 2.05. The molecule has 4 heteroatoms. The lowest BCUT2D eigenvalue weighted by Crippen LogP contribution is -2.61. The van der Waals surface area contributed by atoms with Crippen LogP contribution >= 0.6 is 0 Å². The van der Waals surface area contributed by atoms with E-state index < -0.39 is 0 Å². The van der Waals surface area contributed by atoms with E-state index in [-0.39, 0.29) is 17.5 Å². The van der Waals surface area contributed by atoms with E-state index in [0.29, 0.717) is 0 Å². The number of hydrogen-bond acceptors (Lipinski definition) is 3. The first-order valence-corrected chi connectivity index (χ1v) is 5.90. The zero-order chi connectivity index (χ0) is 12.5. The van der Waals surface area contributed by atoms with E-state index in [9.17, 15) is 4.79 Å². The quantitative estimate of drug-likeness (QED) is 0.652. The van der Waals surface area contributed by atoms with Gasteiger partial charge in [-0.05, 0) is 27.8 Å². The molecule has 1 atom stereocenters. The molecule has 0 bridgehead atoms. The van der Waals surface area contributed by atoms with Gasteiger partial charge in [0.1, 0.15) is 6.04 Å². The molecule has 0 N–H and O–H groups in total. The van der Waals surface area contributed by atoms with Crippen LogP contribution in [0.15, 0.2) is 0 Å². The largest absolute Gasteiger partial charge is 0.347 e. The molecule has 0 aliphatic carbocycles. The lowest BCUT2D eigenvalue weighted by atomic mass is 10.0. The van der Waals surface area contributed by atoms with Gasteiger partial charge in [-0.3, -0.25) is 14.6 Å². The van der Waals surface area contributed by atoms with E-state index >= 15 is 0 Å². The van der Waals surface area contributed by atoms with Crippen LogP contribution in [0.3, 0.4) is 0 Å². The number of likely N-dealkylation sites (N-methyl/N-ethyl adjacent to an activating group) is 2. The number of hydrogen-bond donors (Lipinski definition) is 0. The third kappa shape index (κ3) is 2.95. The van der Waals surface area contributed by atoms with Crippen molar-refractivity contribution < 1.29 is 4.79 Å². The first-order valence-electron chi connectivity index (χ1n) is 5.90. The predicted octanol–water partition coefficient (Wildman–Crippen LogP) is 0.489. The minimum absolute atomic E-state index is 0.00275. The Morgan fingerprint density at radius 3 is 2.25 bits per heavy atom. The topological polar surface area (TPSA) is 26.8 Å². The van der Waals surface area contributed by atoms with Gasteiger partial charge < -0.3 is 4.90 Å². The molecule has 0 aromatic carbocycles. The van der Waals surface area contributed by atoms with Gasteiger partial charge in [-0.15, -0.1) is 0 Å². The summed E-state index contributed by atoms with van der Waals surface area (Å²) in [7, 11) is 5.69. The molecule has 1 aliphatic rings. The summed E-state index contributed by atoms with van der Waals surface area (Å²) >= 11 is 0. The Hall–Kier alpha value is -0.610. The predicted molar refractivity (Wildman–Crippen MR) is 66.4 cm³/mol. The molecule has 0 aromatic rings. The van der Waals surface area contributed by atoms with E-state index in [1.165, 1.54) is 0 Å². The van der Waals surface area contributed by atoms with Crippen LogP contribution in [0.4, 0.5) is 0 Å². The summed E-state index contributed by atoms with van der Waals surface area (Å²) in [6.45, 7) is 9.44. The van der Waals surface area contributed by atoms with Crippen molar-refractivity contribution in [2.24, 2.45) is 0 Å². The highest BCUT2D eigenvalue weighted by atomic mass is 16.2. The van der Waals surface area contributed by atoms with Gasteiger partial charge in [0.05, 0.1) is 0 Å². The van der Waals surface area contributed by atoms with Crippen LogP contribution in [-0.4, -0.2) is 73.0 Å². The van der Waals surface area contributed by atoms with Gasteiger partial charge in [0.25, 0.3) is 0 Å². The Labute approximate surface area is 99.2 Å². The van der Waals surface area contributed by atoms with E-state index in [1.54, 1.807) is 4.90 Å². The average Bonchev–Trinajstić information content (AvgIpc) is 2.15. The number of piperazine rings is 1. The fourth-order valence-corrected chi connectivity index (χ4v) is 2.05. The summed E-state index contributed by atoms with van der Waals surface area (Å²) in [5.74, 6) is 0.205. The van der Waals surface area contributed by atoms with E-state index in [1.807, 2.05) is 21.1 Å². The van der Waals surface area contributed by atoms with Crippen LogP contribution in [0.2, 0.25) is 0 Å². The minimum Gasteiger partial charge on any atom is -0.347 e. The maximum absolute atomic E-state index is 12.0. The summed E-state index contributed by atoms with van der Waals surface area (Å²) in [5, 5.41) is 0. The Balaban J connectivity index is 2.73. The summed E-state index contributed by atoms with van der Waals surface area (Å²) < 4.78 is 0. The maximum Gasteiger partial charge on any atom is 0.240 e. The van der Waals surface area contributed by atoms with Crippen LogP contribution in [0, 0.1) is 0 Å². The SMILES string of the molecule is CN(C)C(=O)C1CN(C(C)(C)C)CCN1C. The molecule has 1 fully saturated rings. The van der Waals surface area contributed by atoms with Gasteiger partial charge >= 0.3 is 0 Å². The number of carbonyl (C=O) groups excluding carboxylic acids is 1. The third-order valence-electron chi connectivity index (χ3n) is 3.32. The van der Waals surface area contributed by atoms with Crippen LogP contribution in [0.1, 0.15) is 20.8 Å². The highest BCUT2D eigenvalue weighted by Crippen LogP contribution is 2.19. The zero-order valence-corrected chi connectivity index (χ0v) is 11.4. The van der Waals surface area contributed by atoms with Gasteiger partial charge in [0, 0.05) is 39.3 Å². The molecule has 4 nitrogen and oxygen atoms in total. The molecule has 0 radical (unpaired) electrons. The van der Waals surface area contributed by atoms with Crippen LogP contribution < -0.4 is 0 Å². The van der Waals surface area contributed by atoms with Crippen molar-refractivity contribution in [1.82, 2.24) is 14.7 Å². The van der Waals surface area contributed by atoms with Crippen LogP contribution in [-0.2, 0) is 4.79 Å². The van der Waals surface area contributed by atoms with Crippen molar-refractivity contribution in [3.63, 3.8) is 0 Å². The molecular weight excluding hydrogens is 202 g/mol. The second kappa shape index (κ2) is 4.72. The number of rotatable bonds is 1. The van der Waals surface area contributed by atoms with E-state index in [2.05, 4.69) is 30.6 Å². The summed E-state index contributed by atoms with van der Waals surface area (Å²) in [5.41, 5.74) is 0.145. The van der Waals surface area contributed by atoms with Gasteiger partial charge in [0.2, 0.25) is 5.91 Å². The van der Waals surface area contributed by atoms with Crippen molar-refractivity contribution >= 4 is 5.91 Å². The molecule has 1 rings (SSSR count). The minimum atomic E-state index is 0.00275. The summed E-state index contributed by atoms with van der Waals surface area (Å²) in [6, 6.07) is 0.00275. The summed E-state index contributed by atoms with van der Waals surface area (Å²) in [4.78, 5) is 18.3. The Bertz CT molecular complexity index is 257. The summed E-state index contributed by atoms with van der Waals surface area (Å²) in [6.07, 6.45) is 0. The van der Waals surface area contributed by atoms with Crippen molar-refractivity contribution in [2.45, 2.75) is 32.4 Å². The van der Waals surface area contributed by atoms with Gasteiger partial charge in [-0.25, -0.2) is 0 Å². The monoisotopic (exact) mass is 227 g/mol. The number of nitrogens with zero attached hydrogens (tertiary/aromatic N) is 3. The standard InChI is InChI=1S/C12H25N3O/c1-12(2,3)15-8-7-14(6)10(9-15)11(16)13(4)5/h10H,7-9H2,1-6H3. The van der Waals surface area contributed by atoms with Crippen molar-refractivity contribution in [1.29, 1.82) is 0 Å².